The lowest BCUT2D eigenvalue weighted by Gasteiger charge is -2.33. The Bertz CT molecular complexity index is 1190. The van der Waals surface area contributed by atoms with Crippen LogP contribution in [-0.2, 0) is 26.2 Å². The average molecular weight is 538 g/mol. The van der Waals surface area contributed by atoms with E-state index < -0.39 is 28.5 Å². The maximum absolute atomic E-state index is 13.7. The highest BCUT2D eigenvalue weighted by atomic mass is 35.5. The molecule has 1 N–H and O–H groups in total. The Kier molecular flexibility index (Phi) is 9.08. The van der Waals surface area contributed by atoms with Gasteiger partial charge >= 0.3 is 0 Å². The lowest BCUT2D eigenvalue weighted by Crippen LogP contribution is -2.53. The van der Waals surface area contributed by atoms with Crippen LogP contribution in [0.1, 0.15) is 39.7 Å². The Balaban J connectivity index is 1.97. The molecule has 0 aromatic heterocycles. The van der Waals surface area contributed by atoms with E-state index in [1.54, 1.807) is 36.4 Å². The topological polar surface area (TPSA) is 105 Å². The minimum Gasteiger partial charge on any atom is -0.454 e. The number of hydrogen-bond acceptors (Lipinski definition) is 6. The molecule has 1 aliphatic heterocycles. The molecule has 196 valence electrons. The van der Waals surface area contributed by atoms with Crippen molar-refractivity contribution < 1.29 is 27.5 Å². The number of fused-ring (bicyclic) bond motifs is 1. The molecule has 0 unspecified atom stereocenters. The van der Waals surface area contributed by atoms with Crippen molar-refractivity contribution in [1.82, 2.24) is 10.2 Å². The first kappa shape index (κ1) is 27.6. The molecular formula is C25H32ClN3O6S. The normalized spacial score (nSPS) is 13.4. The van der Waals surface area contributed by atoms with Crippen LogP contribution >= 0.6 is 11.6 Å². The third-order valence-corrected chi connectivity index (χ3v) is 7.70. The van der Waals surface area contributed by atoms with E-state index in [2.05, 4.69) is 5.32 Å². The van der Waals surface area contributed by atoms with E-state index in [1.165, 1.54) is 17.9 Å². The summed E-state index contributed by atoms with van der Waals surface area (Å²) in [5, 5.41) is 3.41. The van der Waals surface area contributed by atoms with Crippen molar-refractivity contribution in [3.8, 4) is 11.5 Å². The lowest BCUT2D eigenvalue weighted by molar-refractivity contribution is -0.140. The number of amides is 2. The Hall–Kier alpha value is -2.98. The summed E-state index contributed by atoms with van der Waals surface area (Å²) in [5.41, 5.74) is 1.04. The molecule has 36 heavy (non-hydrogen) atoms. The van der Waals surface area contributed by atoms with Crippen LogP contribution in [-0.4, -0.2) is 56.3 Å². The molecule has 0 radical (unpaired) electrons. The largest absolute Gasteiger partial charge is 0.454 e. The van der Waals surface area contributed by atoms with Crippen molar-refractivity contribution in [2.75, 3.05) is 23.4 Å². The minimum absolute atomic E-state index is 0.0380. The summed E-state index contributed by atoms with van der Waals surface area (Å²) in [6.45, 7) is 6.67. The monoisotopic (exact) mass is 537 g/mol. The number of anilines is 1. The number of halogens is 1. The first-order chi connectivity index (χ1) is 17.1. The number of nitrogens with zero attached hydrogens (tertiary/aromatic N) is 2. The van der Waals surface area contributed by atoms with Gasteiger partial charge in [-0.25, -0.2) is 8.42 Å². The van der Waals surface area contributed by atoms with Crippen LogP contribution in [0.2, 0.25) is 5.02 Å². The van der Waals surface area contributed by atoms with Crippen LogP contribution < -0.4 is 19.1 Å². The molecule has 2 aromatic rings. The summed E-state index contributed by atoms with van der Waals surface area (Å²) in [6, 6.07) is 10.8. The number of nitrogens with one attached hydrogen (secondary N) is 1. The number of carbonyl (C=O) groups excluding carboxylic acids is 2. The van der Waals surface area contributed by atoms with Gasteiger partial charge in [-0.3, -0.25) is 13.9 Å². The van der Waals surface area contributed by atoms with Crippen LogP contribution in [0.25, 0.3) is 0 Å². The Labute approximate surface area is 217 Å². The van der Waals surface area contributed by atoms with Gasteiger partial charge in [0.05, 0.1) is 11.4 Å². The molecule has 11 heteroatoms. The van der Waals surface area contributed by atoms with Gasteiger partial charge in [0.25, 0.3) is 0 Å². The number of carbonyl (C=O) groups is 2. The molecule has 0 bridgehead atoms. The standard InChI is InChI=1S/C25H32ClN3O6S/c1-5-21(25(31)27-17(3)4)28(14-18-7-9-19(26)10-8-18)24(30)15-29(36(32,33)6-2)20-11-12-22-23(13-20)35-16-34-22/h7-13,17,21H,5-6,14-16H2,1-4H3,(H,27,31)/t21-/m1/s1. The summed E-state index contributed by atoms with van der Waals surface area (Å²) >= 11 is 6.01. The van der Waals surface area contributed by atoms with Gasteiger partial charge in [0.15, 0.2) is 11.5 Å². The van der Waals surface area contributed by atoms with Gasteiger partial charge in [-0.1, -0.05) is 30.7 Å². The zero-order valence-corrected chi connectivity index (χ0v) is 22.4. The lowest BCUT2D eigenvalue weighted by atomic mass is 10.1. The first-order valence-corrected chi connectivity index (χ1v) is 13.8. The maximum atomic E-state index is 13.7. The third-order valence-electron chi connectivity index (χ3n) is 5.71. The van der Waals surface area contributed by atoms with E-state index in [1.807, 2.05) is 20.8 Å². The summed E-state index contributed by atoms with van der Waals surface area (Å²) in [6.07, 6.45) is 0.350. The van der Waals surface area contributed by atoms with E-state index in [0.29, 0.717) is 22.9 Å². The number of ether oxygens (including phenoxy) is 2. The molecule has 2 amide bonds. The van der Waals surface area contributed by atoms with E-state index in [9.17, 15) is 18.0 Å². The van der Waals surface area contributed by atoms with E-state index in [4.69, 9.17) is 21.1 Å². The second-order valence-electron chi connectivity index (χ2n) is 8.68. The molecular weight excluding hydrogens is 506 g/mol. The minimum atomic E-state index is -3.84. The molecule has 1 heterocycles. The fourth-order valence-electron chi connectivity index (χ4n) is 3.85. The first-order valence-electron chi connectivity index (χ1n) is 11.8. The SMILES string of the molecule is CC[C@H](C(=O)NC(C)C)N(Cc1ccc(Cl)cc1)C(=O)CN(c1ccc2c(c1)OCO2)S(=O)(=O)CC. The van der Waals surface area contributed by atoms with Crippen molar-refractivity contribution in [2.24, 2.45) is 0 Å². The fraction of sp³-hybridized carbons (Fsp3) is 0.440. The van der Waals surface area contributed by atoms with Gasteiger partial charge in [0.1, 0.15) is 12.6 Å². The van der Waals surface area contributed by atoms with Crippen LogP contribution in [0.15, 0.2) is 42.5 Å². The van der Waals surface area contributed by atoms with E-state index in [0.717, 1.165) is 9.87 Å². The van der Waals surface area contributed by atoms with Gasteiger partial charge in [-0.05, 0) is 57.0 Å². The van der Waals surface area contributed by atoms with Gasteiger partial charge < -0.3 is 19.7 Å². The summed E-state index contributed by atoms with van der Waals surface area (Å²) < 4.78 is 37.9. The molecule has 0 aliphatic carbocycles. The second-order valence-corrected chi connectivity index (χ2v) is 11.3. The average Bonchev–Trinajstić information content (AvgIpc) is 3.31. The van der Waals surface area contributed by atoms with Crippen LogP contribution in [0.5, 0.6) is 11.5 Å². The van der Waals surface area contributed by atoms with Gasteiger partial charge in [-0.2, -0.15) is 0 Å². The molecule has 3 rings (SSSR count). The van der Waals surface area contributed by atoms with Gasteiger partial charge in [-0.15, -0.1) is 0 Å². The Morgan fingerprint density at radius 2 is 1.72 bits per heavy atom. The summed E-state index contributed by atoms with van der Waals surface area (Å²) in [4.78, 5) is 28.2. The van der Waals surface area contributed by atoms with Crippen molar-refractivity contribution in [3.05, 3.63) is 53.1 Å². The Morgan fingerprint density at radius 1 is 1.06 bits per heavy atom. The zero-order chi connectivity index (χ0) is 26.5. The van der Waals surface area contributed by atoms with Gasteiger partial charge in [0, 0.05) is 23.7 Å². The maximum Gasteiger partial charge on any atom is 0.244 e. The van der Waals surface area contributed by atoms with Crippen molar-refractivity contribution in [1.29, 1.82) is 0 Å². The predicted molar refractivity (Wildman–Crippen MR) is 139 cm³/mol. The summed E-state index contributed by atoms with van der Waals surface area (Å²) in [5.74, 6) is -0.123. The molecule has 0 spiro atoms. The third kappa shape index (κ3) is 6.61. The Morgan fingerprint density at radius 3 is 2.33 bits per heavy atom. The van der Waals surface area contributed by atoms with Crippen molar-refractivity contribution >= 4 is 39.1 Å². The predicted octanol–water partition coefficient (Wildman–Crippen LogP) is 3.56. The molecule has 9 nitrogen and oxygen atoms in total. The highest BCUT2D eigenvalue weighted by molar-refractivity contribution is 7.92. The van der Waals surface area contributed by atoms with Crippen LogP contribution in [0.3, 0.4) is 0 Å². The molecule has 1 aliphatic rings. The molecule has 1 atom stereocenters. The molecule has 0 saturated carbocycles. The highest BCUT2D eigenvalue weighted by Gasteiger charge is 2.33. The molecule has 2 aromatic carbocycles. The highest BCUT2D eigenvalue weighted by Crippen LogP contribution is 2.36. The number of benzene rings is 2. The smallest absolute Gasteiger partial charge is 0.244 e. The van der Waals surface area contributed by atoms with Gasteiger partial charge in [0.2, 0.25) is 28.6 Å². The fourth-order valence-corrected chi connectivity index (χ4v) is 5.03. The second kappa shape index (κ2) is 11.8. The van der Waals surface area contributed by atoms with E-state index in [-0.39, 0.29) is 36.7 Å². The number of hydrogen-bond donors (Lipinski definition) is 1. The molecule has 0 fully saturated rings. The van der Waals surface area contributed by atoms with Crippen molar-refractivity contribution in [2.45, 2.75) is 52.7 Å². The van der Waals surface area contributed by atoms with E-state index >= 15 is 0 Å². The molecule has 0 saturated heterocycles. The zero-order valence-electron chi connectivity index (χ0n) is 20.9. The summed E-state index contributed by atoms with van der Waals surface area (Å²) in [7, 11) is -3.84. The van der Waals surface area contributed by atoms with Crippen LogP contribution in [0.4, 0.5) is 5.69 Å². The number of sulfonamides is 1. The van der Waals surface area contributed by atoms with Crippen molar-refractivity contribution in [3.63, 3.8) is 0 Å². The number of rotatable bonds is 11. The quantitative estimate of drug-likeness (QED) is 0.470. The van der Waals surface area contributed by atoms with Crippen LogP contribution in [0, 0.1) is 0 Å².